The van der Waals surface area contributed by atoms with Gasteiger partial charge in [-0.3, -0.25) is 14.9 Å². The molecular weight excluding hydrogens is 332 g/mol. The molecule has 0 aliphatic rings. The summed E-state index contributed by atoms with van der Waals surface area (Å²) in [6, 6.07) is 9.41. The SMILES string of the molecule is C[C@H](OC(=O)/C=C/c1cccs1)C(=O)Nc1ccccc1[N+](=O)[O-]. The van der Waals surface area contributed by atoms with Crippen LogP contribution in [-0.2, 0) is 14.3 Å². The third-order valence-corrected chi connectivity index (χ3v) is 3.79. The van der Waals surface area contributed by atoms with Gasteiger partial charge in [0, 0.05) is 17.0 Å². The Labute approximate surface area is 141 Å². The predicted molar refractivity (Wildman–Crippen MR) is 90.6 cm³/mol. The lowest BCUT2D eigenvalue weighted by Gasteiger charge is -2.12. The molecule has 1 amide bonds. The van der Waals surface area contributed by atoms with Gasteiger partial charge in [0.2, 0.25) is 0 Å². The number of thiophene rings is 1. The molecule has 0 radical (unpaired) electrons. The molecule has 1 aromatic heterocycles. The molecule has 0 unspecified atom stereocenters. The number of hydrogen-bond acceptors (Lipinski definition) is 6. The van der Waals surface area contributed by atoms with Crippen LogP contribution >= 0.6 is 11.3 Å². The van der Waals surface area contributed by atoms with Gasteiger partial charge in [-0.2, -0.15) is 0 Å². The Morgan fingerprint density at radius 2 is 2.04 bits per heavy atom. The molecule has 1 aromatic carbocycles. The van der Waals surface area contributed by atoms with Gasteiger partial charge in [0.1, 0.15) is 5.69 Å². The Kier molecular flexibility index (Phi) is 5.80. The van der Waals surface area contributed by atoms with E-state index in [1.165, 1.54) is 42.5 Å². The lowest BCUT2D eigenvalue weighted by atomic mass is 10.2. The van der Waals surface area contributed by atoms with Crippen LogP contribution < -0.4 is 5.32 Å². The van der Waals surface area contributed by atoms with E-state index in [0.717, 1.165) is 4.88 Å². The highest BCUT2D eigenvalue weighted by Crippen LogP contribution is 2.23. The van der Waals surface area contributed by atoms with E-state index in [1.807, 2.05) is 17.5 Å². The van der Waals surface area contributed by atoms with Crippen LogP contribution in [0.1, 0.15) is 11.8 Å². The number of hydrogen-bond donors (Lipinski definition) is 1. The van der Waals surface area contributed by atoms with E-state index >= 15 is 0 Å². The first kappa shape index (κ1) is 17.4. The van der Waals surface area contributed by atoms with E-state index < -0.39 is 22.9 Å². The van der Waals surface area contributed by atoms with E-state index in [9.17, 15) is 19.7 Å². The van der Waals surface area contributed by atoms with Crippen LogP contribution in [0.3, 0.4) is 0 Å². The molecule has 0 aliphatic heterocycles. The zero-order chi connectivity index (χ0) is 17.5. The standard InChI is InChI=1S/C16H14N2O5S/c1-11(23-15(19)9-8-12-5-4-10-24-12)16(20)17-13-6-2-3-7-14(13)18(21)22/h2-11H,1H3,(H,17,20)/b9-8+/t11-/m0/s1. The number of rotatable bonds is 6. The molecule has 7 nitrogen and oxygen atoms in total. The molecule has 24 heavy (non-hydrogen) atoms. The maximum absolute atomic E-state index is 12.0. The van der Waals surface area contributed by atoms with Crippen molar-refractivity contribution in [1.29, 1.82) is 0 Å². The molecule has 1 heterocycles. The second-order valence-corrected chi connectivity index (χ2v) is 5.67. The number of nitro benzene ring substituents is 1. The van der Waals surface area contributed by atoms with Gasteiger partial charge >= 0.3 is 5.97 Å². The highest BCUT2D eigenvalue weighted by molar-refractivity contribution is 7.10. The number of carbonyl (C=O) groups is 2. The number of nitrogens with zero attached hydrogens (tertiary/aromatic N) is 1. The minimum Gasteiger partial charge on any atom is -0.449 e. The maximum Gasteiger partial charge on any atom is 0.331 e. The number of amides is 1. The number of nitro groups is 1. The summed E-state index contributed by atoms with van der Waals surface area (Å²) in [6.07, 6.45) is 1.71. The lowest BCUT2D eigenvalue weighted by Crippen LogP contribution is -2.29. The van der Waals surface area contributed by atoms with Crippen molar-refractivity contribution in [2.24, 2.45) is 0 Å². The van der Waals surface area contributed by atoms with Gasteiger partial charge in [0.15, 0.2) is 6.10 Å². The summed E-state index contributed by atoms with van der Waals surface area (Å²) < 4.78 is 4.98. The summed E-state index contributed by atoms with van der Waals surface area (Å²) >= 11 is 1.46. The van der Waals surface area contributed by atoms with Crippen molar-refractivity contribution in [2.75, 3.05) is 5.32 Å². The smallest absolute Gasteiger partial charge is 0.331 e. The van der Waals surface area contributed by atoms with Crippen LogP contribution in [-0.4, -0.2) is 22.9 Å². The van der Waals surface area contributed by atoms with Gasteiger partial charge in [-0.25, -0.2) is 4.79 Å². The second-order valence-electron chi connectivity index (χ2n) is 4.69. The van der Waals surface area contributed by atoms with Crippen molar-refractivity contribution in [3.63, 3.8) is 0 Å². The van der Waals surface area contributed by atoms with Gasteiger partial charge in [0.25, 0.3) is 11.6 Å². The molecular formula is C16H14N2O5S. The largest absolute Gasteiger partial charge is 0.449 e. The van der Waals surface area contributed by atoms with Gasteiger partial charge in [-0.05, 0) is 30.5 Å². The van der Waals surface area contributed by atoms with Gasteiger partial charge < -0.3 is 10.1 Å². The molecule has 124 valence electrons. The number of carbonyl (C=O) groups excluding carboxylic acids is 2. The number of esters is 1. The highest BCUT2D eigenvalue weighted by atomic mass is 32.1. The van der Waals surface area contributed by atoms with Crippen molar-refractivity contribution in [3.05, 3.63) is 62.8 Å². The first-order valence-electron chi connectivity index (χ1n) is 6.94. The van der Waals surface area contributed by atoms with E-state index in [0.29, 0.717) is 0 Å². The summed E-state index contributed by atoms with van der Waals surface area (Å²) in [5.74, 6) is -1.32. The number of benzene rings is 1. The summed E-state index contributed by atoms with van der Waals surface area (Å²) in [5, 5.41) is 15.2. The molecule has 1 N–H and O–H groups in total. The summed E-state index contributed by atoms with van der Waals surface area (Å²) in [7, 11) is 0. The molecule has 1 atom stereocenters. The third kappa shape index (κ3) is 4.75. The molecule has 0 aliphatic carbocycles. The molecule has 0 bridgehead atoms. The van der Waals surface area contributed by atoms with E-state index in [2.05, 4.69) is 5.32 Å². The maximum atomic E-state index is 12.0. The van der Waals surface area contributed by atoms with Crippen LogP contribution in [0.5, 0.6) is 0 Å². The average molecular weight is 346 g/mol. The van der Waals surface area contributed by atoms with Crippen LogP contribution in [0.25, 0.3) is 6.08 Å². The second kappa shape index (κ2) is 8.02. The van der Waals surface area contributed by atoms with Crippen molar-refractivity contribution < 1.29 is 19.2 Å². The molecule has 0 spiro atoms. The molecule has 2 aromatic rings. The topological polar surface area (TPSA) is 98.5 Å². The Hall–Kier alpha value is -3.00. The third-order valence-electron chi connectivity index (χ3n) is 2.95. The van der Waals surface area contributed by atoms with Gasteiger partial charge in [-0.1, -0.05) is 18.2 Å². The molecule has 0 saturated heterocycles. The fourth-order valence-electron chi connectivity index (χ4n) is 1.78. The monoisotopic (exact) mass is 346 g/mol. The summed E-state index contributed by atoms with van der Waals surface area (Å²) in [4.78, 5) is 34.9. The zero-order valence-electron chi connectivity index (χ0n) is 12.7. The van der Waals surface area contributed by atoms with Crippen LogP contribution in [0, 0.1) is 10.1 Å². The van der Waals surface area contributed by atoms with E-state index in [1.54, 1.807) is 12.1 Å². The van der Waals surface area contributed by atoms with Crippen LogP contribution in [0.4, 0.5) is 11.4 Å². The van der Waals surface area contributed by atoms with Crippen molar-refractivity contribution in [1.82, 2.24) is 0 Å². The van der Waals surface area contributed by atoms with Crippen LogP contribution in [0.2, 0.25) is 0 Å². The normalized spacial score (nSPS) is 11.9. The van der Waals surface area contributed by atoms with Gasteiger partial charge in [-0.15, -0.1) is 11.3 Å². The fraction of sp³-hybridized carbons (Fsp3) is 0.125. The van der Waals surface area contributed by atoms with Gasteiger partial charge in [0.05, 0.1) is 4.92 Å². The Morgan fingerprint density at radius 1 is 1.29 bits per heavy atom. The summed E-state index contributed by atoms with van der Waals surface area (Å²) in [5.41, 5.74) is -0.188. The number of nitrogens with one attached hydrogen (secondary N) is 1. The first-order valence-corrected chi connectivity index (χ1v) is 7.82. The van der Waals surface area contributed by atoms with E-state index in [4.69, 9.17) is 4.74 Å². The average Bonchev–Trinajstić information content (AvgIpc) is 3.06. The Morgan fingerprint density at radius 3 is 2.71 bits per heavy atom. The van der Waals surface area contributed by atoms with Crippen LogP contribution in [0.15, 0.2) is 47.9 Å². The first-order chi connectivity index (χ1) is 11.5. The molecule has 0 saturated carbocycles. The minimum atomic E-state index is -1.09. The summed E-state index contributed by atoms with van der Waals surface area (Å²) in [6.45, 7) is 1.39. The lowest BCUT2D eigenvalue weighted by molar-refractivity contribution is -0.383. The predicted octanol–water partition coefficient (Wildman–Crippen LogP) is 3.24. The molecule has 2 rings (SSSR count). The Bertz CT molecular complexity index is 771. The number of anilines is 1. The zero-order valence-corrected chi connectivity index (χ0v) is 13.5. The molecule has 0 fully saturated rings. The number of para-hydroxylation sites is 2. The fourth-order valence-corrected chi connectivity index (χ4v) is 2.39. The number of ether oxygens (including phenoxy) is 1. The molecule has 8 heteroatoms. The van der Waals surface area contributed by atoms with Crippen molar-refractivity contribution >= 4 is 40.7 Å². The van der Waals surface area contributed by atoms with Crippen molar-refractivity contribution in [2.45, 2.75) is 13.0 Å². The quantitative estimate of drug-likeness (QED) is 0.375. The Balaban J connectivity index is 1.95. The van der Waals surface area contributed by atoms with E-state index in [-0.39, 0.29) is 11.4 Å². The minimum absolute atomic E-state index is 0.0459. The van der Waals surface area contributed by atoms with Crippen molar-refractivity contribution in [3.8, 4) is 0 Å². The highest BCUT2D eigenvalue weighted by Gasteiger charge is 2.20.